The fourth-order valence-electron chi connectivity index (χ4n) is 1.87. The zero-order valence-electron chi connectivity index (χ0n) is 10.0. The second-order valence-electron chi connectivity index (χ2n) is 4.14. The van der Waals surface area contributed by atoms with Crippen molar-refractivity contribution in [2.75, 3.05) is 18.6 Å². The van der Waals surface area contributed by atoms with E-state index in [0.717, 1.165) is 4.90 Å². The largest absolute Gasteiger partial charge is 0.495 e. The van der Waals surface area contributed by atoms with Gasteiger partial charge in [-0.1, -0.05) is 12.1 Å². The second kappa shape index (κ2) is 4.21. The van der Waals surface area contributed by atoms with Crippen molar-refractivity contribution in [2.24, 2.45) is 0 Å². The second-order valence-corrected chi connectivity index (χ2v) is 4.14. The Morgan fingerprint density at radius 2 is 2.17 bits per heavy atom. The van der Waals surface area contributed by atoms with Gasteiger partial charge in [0.05, 0.1) is 12.8 Å². The number of aliphatic carboxylic acids is 1. The van der Waals surface area contributed by atoms with Crippen molar-refractivity contribution in [1.82, 2.24) is 0 Å². The molecule has 0 spiro atoms. The molecule has 1 fully saturated rings. The van der Waals surface area contributed by atoms with E-state index in [1.807, 2.05) is 0 Å². The molecule has 18 heavy (non-hydrogen) atoms. The molecule has 1 atom stereocenters. The Bertz CT molecular complexity index is 501. The smallest absolute Gasteiger partial charge is 0.415 e. The van der Waals surface area contributed by atoms with E-state index in [4.69, 9.17) is 9.47 Å². The lowest BCUT2D eigenvalue weighted by Crippen LogP contribution is -2.51. The Kier molecular flexibility index (Phi) is 2.86. The molecule has 1 aliphatic rings. The SMILES string of the molecule is COc1ccccc1N1C(=O)OCC1(C)C(=O)O. The molecule has 1 aromatic carbocycles. The van der Waals surface area contributed by atoms with Crippen molar-refractivity contribution in [1.29, 1.82) is 0 Å². The van der Waals surface area contributed by atoms with Gasteiger partial charge in [-0.05, 0) is 19.1 Å². The number of methoxy groups -OCH3 is 1. The van der Waals surface area contributed by atoms with Gasteiger partial charge >= 0.3 is 12.1 Å². The summed E-state index contributed by atoms with van der Waals surface area (Å²) in [6.07, 6.45) is -0.690. The number of hydrogen-bond acceptors (Lipinski definition) is 4. The monoisotopic (exact) mass is 251 g/mol. The molecule has 0 aliphatic carbocycles. The maximum absolute atomic E-state index is 11.7. The average Bonchev–Trinajstić information content (AvgIpc) is 2.66. The van der Waals surface area contributed by atoms with E-state index in [9.17, 15) is 14.7 Å². The van der Waals surface area contributed by atoms with Crippen LogP contribution < -0.4 is 9.64 Å². The van der Waals surface area contributed by atoms with E-state index in [2.05, 4.69) is 0 Å². The summed E-state index contributed by atoms with van der Waals surface area (Å²) >= 11 is 0. The number of ether oxygens (including phenoxy) is 2. The highest BCUT2D eigenvalue weighted by molar-refractivity contribution is 6.01. The lowest BCUT2D eigenvalue weighted by Gasteiger charge is -2.28. The number of benzene rings is 1. The lowest BCUT2D eigenvalue weighted by molar-refractivity contribution is -0.142. The van der Waals surface area contributed by atoms with Crippen LogP contribution in [-0.2, 0) is 9.53 Å². The van der Waals surface area contributed by atoms with Crippen LogP contribution in [0.1, 0.15) is 6.92 Å². The van der Waals surface area contributed by atoms with Crippen molar-refractivity contribution in [2.45, 2.75) is 12.5 Å². The van der Waals surface area contributed by atoms with Gasteiger partial charge < -0.3 is 14.6 Å². The summed E-state index contributed by atoms with van der Waals surface area (Å²) in [5.74, 6) is -0.705. The zero-order valence-corrected chi connectivity index (χ0v) is 10.0. The molecule has 0 saturated carbocycles. The molecular formula is C12H13NO5. The van der Waals surface area contributed by atoms with E-state index in [1.165, 1.54) is 14.0 Å². The van der Waals surface area contributed by atoms with Crippen molar-refractivity contribution in [3.63, 3.8) is 0 Å². The maximum Gasteiger partial charge on any atom is 0.415 e. The number of carbonyl (C=O) groups is 2. The third kappa shape index (κ3) is 1.66. The lowest BCUT2D eigenvalue weighted by atomic mass is 10.0. The zero-order chi connectivity index (χ0) is 13.3. The summed E-state index contributed by atoms with van der Waals surface area (Å²) in [7, 11) is 1.46. The van der Waals surface area contributed by atoms with Gasteiger partial charge in [0, 0.05) is 0 Å². The van der Waals surface area contributed by atoms with Crippen molar-refractivity contribution < 1.29 is 24.2 Å². The van der Waals surface area contributed by atoms with E-state index >= 15 is 0 Å². The number of nitrogens with zero attached hydrogens (tertiary/aromatic N) is 1. The number of para-hydroxylation sites is 2. The number of carboxylic acid groups (broad SMARTS) is 1. The van der Waals surface area contributed by atoms with E-state index in [-0.39, 0.29) is 6.61 Å². The van der Waals surface area contributed by atoms with Crippen molar-refractivity contribution in [3.8, 4) is 5.75 Å². The maximum atomic E-state index is 11.7. The van der Waals surface area contributed by atoms with Gasteiger partial charge in [-0.3, -0.25) is 4.90 Å². The number of carboxylic acids is 1. The summed E-state index contributed by atoms with van der Waals surface area (Å²) in [6, 6.07) is 6.71. The number of amides is 1. The molecule has 1 aromatic rings. The average molecular weight is 251 g/mol. The quantitative estimate of drug-likeness (QED) is 0.880. The molecule has 2 rings (SSSR count). The summed E-state index contributed by atoms with van der Waals surface area (Å²) in [5, 5.41) is 9.27. The standard InChI is InChI=1S/C12H13NO5/c1-12(10(14)15)7-18-11(16)13(12)8-5-3-4-6-9(8)17-2/h3-6H,7H2,1-2H3,(H,14,15). The summed E-state index contributed by atoms with van der Waals surface area (Å²) in [5.41, 5.74) is -1.04. The summed E-state index contributed by atoms with van der Waals surface area (Å²) in [4.78, 5) is 24.2. The molecule has 1 saturated heterocycles. The Morgan fingerprint density at radius 1 is 1.50 bits per heavy atom. The van der Waals surface area contributed by atoms with Crippen LogP contribution in [0.3, 0.4) is 0 Å². The van der Waals surface area contributed by atoms with E-state index < -0.39 is 17.6 Å². The highest BCUT2D eigenvalue weighted by atomic mass is 16.6. The molecular weight excluding hydrogens is 238 g/mol. The van der Waals surface area contributed by atoms with Crippen LogP contribution in [0.15, 0.2) is 24.3 Å². The molecule has 6 heteroatoms. The van der Waals surface area contributed by atoms with Gasteiger partial charge in [0.15, 0.2) is 5.54 Å². The Morgan fingerprint density at radius 3 is 2.78 bits per heavy atom. The highest BCUT2D eigenvalue weighted by Crippen LogP contribution is 2.36. The highest BCUT2D eigenvalue weighted by Gasteiger charge is 2.51. The van der Waals surface area contributed by atoms with Crippen LogP contribution in [0.5, 0.6) is 5.75 Å². The molecule has 1 amide bonds. The van der Waals surface area contributed by atoms with E-state index in [0.29, 0.717) is 11.4 Å². The minimum Gasteiger partial charge on any atom is -0.495 e. The fraction of sp³-hybridized carbons (Fsp3) is 0.333. The molecule has 1 unspecified atom stereocenters. The van der Waals surface area contributed by atoms with Gasteiger partial charge in [0.25, 0.3) is 0 Å². The first-order chi connectivity index (χ1) is 8.50. The Hall–Kier alpha value is -2.24. The van der Waals surface area contributed by atoms with Crippen LogP contribution in [0.25, 0.3) is 0 Å². The van der Waals surface area contributed by atoms with Gasteiger partial charge in [-0.15, -0.1) is 0 Å². The number of carbonyl (C=O) groups excluding carboxylic acids is 1. The third-order valence-electron chi connectivity index (χ3n) is 2.94. The van der Waals surface area contributed by atoms with E-state index in [1.54, 1.807) is 24.3 Å². The molecule has 96 valence electrons. The first-order valence-corrected chi connectivity index (χ1v) is 5.34. The first kappa shape index (κ1) is 12.2. The molecule has 0 bridgehead atoms. The van der Waals surface area contributed by atoms with Gasteiger partial charge in [0.2, 0.25) is 0 Å². The molecule has 0 aromatic heterocycles. The van der Waals surface area contributed by atoms with Crippen LogP contribution in [0, 0.1) is 0 Å². The van der Waals surface area contributed by atoms with Gasteiger partial charge in [-0.2, -0.15) is 0 Å². The molecule has 1 heterocycles. The van der Waals surface area contributed by atoms with Crippen LogP contribution in [0.2, 0.25) is 0 Å². The number of hydrogen-bond donors (Lipinski definition) is 1. The minimum absolute atomic E-state index is 0.195. The minimum atomic E-state index is -1.42. The molecule has 0 radical (unpaired) electrons. The van der Waals surface area contributed by atoms with Gasteiger partial charge in [0.1, 0.15) is 12.4 Å². The fourth-order valence-corrected chi connectivity index (χ4v) is 1.87. The topological polar surface area (TPSA) is 76.1 Å². The number of rotatable bonds is 3. The third-order valence-corrected chi connectivity index (χ3v) is 2.94. The number of anilines is 1. The van der Waals surface area contributed by atoms with Crippen LogP contribution in [0.4, 0.5) is 10.5 Å². The summed E-state index contributed by atoms with van der Waals surface area (Å²) < 4.78 is 9.98. The van der Waals surface area contributed by atoms with Crippen LogP contribution >= 0.6 is 0 Å². The van der Waals surface area contributed by atoms with Crippen molar-refractivity contribution in [3.05, 3.63) is 24.3 Å². The van der Waals surface area contributed by atoms with Crippen LogP contribution in [-0.4, -0.2) is 36.4 Å². The van der Waals surface area contributed by atoms with Gasteiger partial charge in [-0.25, -0.2) is 9.59 Å². The summed E-state index contributed by atoms with van der Waals surface area (Å²) in [6.45, 7) is 1.24. The molecule has 6 nitrogen and oxygen atoms in total. The van der Waals surface area contributed by atoms with Crippen molar-refractivity contribution >= 4 is 17.7 Å². The molecule has 1 aliphatic heterocycles. The number of cyclic esters (lactones) is 1. The molecule has 1 N–H and O–H groups in total. The predicted octanol–water partition coefficient (Wildman–Crippen LogP) is 1.50. The predicted molar refractivity (Wildman–Crippen MR) is 62.9 cm³/mol. The Balaban J connectivity index is 2.53. The first-order valence-electron chi connectivity index (χ1n) is 5.34. The normalized spacial score (nSPS) is 22.8. The Labute approximate surface area is 104 Å².